The molecule has 1 rings (SSSR count). The summed E-state index contributed by atoms with van der Waals surface area (Å²) in [4.78, 5) is 10.5. The van der Waals surface area contributed by atoms with Gasteiger partial charge in [-0.25, -0.2) is 8.42 Å². The van der Waals surface area contributed by atoms with Gasteiger partial charge in [0.15, 0.2) is 15.8 Å². The molecule has 1 heterocycles. The first-order valence-corrected chi connectivity index (χ1v) is 7.02. The lowest BCUT2D eigenvalue weighted by Gasteiger charge is -2.26. The van der Waals surface area contributed by atoms with E-state index in [-0.39, 0.29) is 17.9 Å². The fourth-order valence-corrected chi connectivity index (χ4v) is 3.96. The van der Waals surface area contributed by atoms with Crippen LogP contribution >= 0.6 is 0 Å². The normalized spacial score (nSPS) is 29.1. The molecule has 2 N–H and O–H groups in total. The van der Waals surface area contributed by atoms with Crippen LogP contribution in [0.1, 0.15) is 13.3 Å². The van der Waals surface area contributed by atoms with Gasteiger partial charge in [-0.05, 0) is 13.3 Å². The molecule has 2 unspecified atom stereocenters. The second-order valence-electron chi connectivity index (χ2n) is 4.72. The topological polar surface area (TPSA) is 83.5 Å². The third-order valence-corrected chi connectivity index (χ3v) is 4.83. The van der Waals surface area contributed by atoms with Crippen LogP contribution < -0.4 is 5.32 Å². The summed E-state index contributed by atoms with van der Waals surface area (Å²) in [6.45, 7) is 0.650. The highest BCUT2D eigenvalue weighted by Gasteiger charge is 2.47. The first-order valence-electron chi connectivity index (χ1n) is 5.20. The number of carbonyl (C=O) groups is 1. The Bertz CT molecular complexity index is 434. The summed E-state index contributed by atoms with van der Waals surface area (Å²) in [6, 6.07) is 0. The minimum absolute atomic E-state index is 0.0970. The number of hydrogen-bond donors (Lipinski definition) is 2. The highest BCUT2D eigenvalue weighted by molar-refractivity contribution is 7.91. The van der Waals surface area contributed by atoms with Crippen LogP contribution in [0.4, 0.5) is 13.2 Å². The van der Waals surface area contributed by atoms with E-state index in [2.05, 4.69) is 5.32 Å². The van der Waals surface area contributed by atoms with E-state index in [1.807, 2.05) is 0 Å². The molecule has 0 spiro atoms. The molecule has 18 heavy (non-hydrogen) atoms. The number of carboxylic acid groups (broad SMARTS) is 1. The van der Waals surface area contributed by atoms with Gasteiger partial charge in [-0.1, -0.05) is 0 Å². The van der Waals surface area contributed by atoms with Gasteiger partial charge >= 0.3 is 12.1 Å². The van der Waals surface area contributed by atoms with Crippen molar-refractivity contribution in [1.82, 2.24) is 5.32 Å². The van der Waals surface area contributed by atoms with E-state index >= 15 is 0 Å². The van der Waals surface area contributed by atoms with E-state index in [0.717, 1.165) is 0 Å². The maximum absolute atomic E-state index is 12.4. The highest BCUT2D eigenvalue weighted by Crippen LogP contribution is 2.28. The van der Waals surface area contributed by atoms with Gasteiger partial charge in [0.25, 0.3) is 0 Å². The van der Waals surface area contributed by atoms with Crippen molar-refractivity contribution < 1.29 is 31.5 Å². The van der Waals surface area contributed by atoms with Crippen LogP contribution in [0.2, 0.25) is 0 Å². The Balaban J connectivity index is 2.67. The molecular formula is C9H14F3NO4S. The van der Waals surface area contributed by atoms with Crippen LogP contribution in [0, 0.1) is 5.92 Å². The third-order valence-electron chi connectivity index (χ3n) is 2.93. The van der Waals surface area contributed by atoms with E-state index in [1.54, 1.807) is 0 Å². The van der Waals surface area contributed by atoms with Crippen molar-refractivity contribution in [3.63, 3.8) is 0 Å². The van der Waals surface area contributed by atoms with E-state index in [9.17, 15) is 26.4 Å². The lowest BCUT2D eigenvalue weighted by molar-refractivity contribution is -0.192. The molecule has 106 valence electrons. The summed E-state index contributed by atoms with van der Waals surface area (Å²) >= 11 is 0. The molecule has 0 bridgehead atoms. The van der Waals surface area contributed by atoms with E-state index in [1.165, 1.54) is 6.92 Å². The van der Waals surface area contributed by atoms with Gasteiger partial charge in [-0.3, -0.25) is 4.79 Å². The average Bonchev–Trinajstić information content (AvgIpc) is 2.38. The lowest BCUT2D eigenvalue weighted by atomic mass is 10.0. The van der Waals surface area contributed by atoms with Crippen LogP contribution in [-0.2, 0) is 14.6 Å². The molecule has 0 aromatic heterocycles. The summed E-state index contributed by atoms with van der Waals surface area (Å²) in [6.07, 6.45) is -4.67. The van der Waals surface area contributed by atoms with Crippen LogP contribution in [-0.4, -0.2) is 49.3 Å². The number of halogens is 3. The maximum Gasteiger partial charge on any atom is 0.403 e. The molecule has 1 fully saturated rings. The quantitative estimate of drug-likeness (QED) is 0.783. The Morgan fingerprint density at radius 3 is 2.39 bits per heavy atom. The molecule has 1 aliphatic rings. The zero-order chi connectivity index (χ0) is 14.2. The predicted octanol–water partition coefficient (Wildman–Crippen LogP) is 0.416. The van der Waals surface area contributed by atoms with Gasteiger partial charge < -0.3 is 10.4 Å². The van der Waals surface area contributed by atoms with Gasteiger partial charge in [0.05, 0.1) is 11.5 Å². The Morgan fingerprint density at radius 2 is 2.06 bits per heavy atom. The Hall–Kier alpha value is -0.830. The second-order valence-corrected chi connectivity index (χ2v) is 6.90. The average molecular weight is 289 g/mol. The number of rotatable bonds is 4. The minimum Gasteiger partial charge on any atom is -0.481 e. The van der Waals surface area contributed by atoms with Crippen molar-refractivity contribution in [1.29, 1.82) is 0 Å². The van der Waals surface area contributed by atoms with Gasteiger partial charge in [0, 0.05) is 12.1 Å². The number of nitrogens with one attached hydrogen (secondary N) is 1. The SMILES string of the molecule is CC1(NCC(C(=O)O)C(F)(F)F)CCS(=O)(=O)C1. The molecule has 0 aliphatic carbocycles. The summed E-state index contributed by atoms with van der Waals surface area (Å²) in [5, 5.41) is 10.9. The molecule has 1 aliphatic heterocycles. The van der Waals surface area contributed by atoms with Gasteiger partial charge in [-0.15, -0.1) is 0 Å². The van der Waals surface area contributed by atoms with E-state index in [0.29, 0.717) is 0 Å². The van der Waals surface area contributed by atoms with Gasteiger partial charge in [0.1, 0.15) is 0 Å². The Kier molecular flexibility index (Phi) is 3.97. The maximum atomic E-state index is 12.4. The summed E-state index contributed by atoms with van der Waals surface area (Å²) in [7, 11) is -3.25. The smallest absolute Gasteiger partial charge is 0.403 e. The van der Waals surface area contributed by atoms with Crippen molar-refractivity contribution in [2.24, 2.45) is 5.92 Å². The van der Waals surface area contributed by atoms with Crippen LogP contribution in [0.15, 0.2) is 0 Å². The minimum atomic E-state index is -4.85. The van der Waals surface area contributed by atoms with Gasteiger partial charge in [0.2, 0.25) is 0 Å². The van der Waals surface area contributed by atoms with Crippen molar-refractivity contribution in [2.75, 3.05) is 18.1 Å². The monoisotopic (exact) mass is 289 g/mol. The fraction of sp³-hybridized carbons (Fsp3) is 0.889. The number of alkyl halides is 3. The van der Waals surface area contributed by atoms with Crippen molar-refractivity contribution in [2.45, 2.75) is 25.1 Å². The lowest BCUT2D eigenvalue weighted by Crippen LogP contribution is -2.49. The van der Waals surface area contributed by atoms with Crippen molar-refractivity contribution in [3.05, 3.63) is 0 Å². The zero-order valence-electron chi connectivity index (χ0n) is 9.62. The number of hydrogen-bond acceptors (Lipinski definition) is 4. The van der Waals surface area contributed by atoms with Crippen LogP contribution in [0.5, 0.6) is 0 Å². The molecule has 0 aromatic rings. The second kappa shape index (κ2) is 4.69. The van der Waals surface area contributed by atoms with E-state index in [4.69, 9.17) is 5.11 Å². The first kappa shape index (κ1) is 15.2. The molecule has 2 atom stereocenters. The van der Waals surface area contributed by atoms with Gasteiger partial charge in [-0.2, -0.15) is 13.2 Å². The standard InChI is InChI=1S/C9H14F3NO4S/c1-8(2-3-18(16,17)5-8)13-4-6(7(14)15)9(10,11)12/h6,13H,2-5H2,1H3,(H,14,15). The first-order chi connectivity index (χ1) is 7.95. The Morgan fingerprint density at radius 1 is 1.50 bits per heavy atom. The molecule has 0 aromatic carbocycles. The summed E-state index contributed by atoms with van der Waals surface area (Å²) in [5.41, 5.74) is -0.988. The van der Waals surface area contributed by atoms with E-state index < -0.39 is 40.0 Å². The van der Waals surface area contributed by atoms with Crippen molar-refractivity contribution in [3.8, 4) is 0 Å². The molecule has 5 nitrogen and oxygen atoms in total. The number of carboxylic acids is 1. The summed E-state index contributed by atoms with van der Waals surface area (Å²) < 4.78 is 59.6. The number of aliphatic carboxylic acids is 1. The van der Waals surface area contributed by atoms with Crippen molar-refractivity contribution >= 4 is 15.8 Å². The third kappa shape index (κ3) is 3.84. The molecule has 0 radical (unpaired) electrons. The van der Waals surface area contributed by atoms with Crippen LogP contribution in [0.3, 0.4) is 0 Å². The zero-order valence-corrected chi connectivity index (χ0v) is 10.4. The predicted molar refractivity (Wildman–Crippen MR) is 56.9 cm³/mol. The molecular weight excluding hydrogens is 275 g/mol. The fourth-order valence-electron chi connectivity index (χ4n) is 1.84. The Labute approximate surface area is 102 Å². The summed E-state index contributed by atoms with van der Waals surface area (Å²) in [5.74, 6) is -4.87. The highest BCUT2D eigenvalue weighted by atomic mass is 32.2. The molecule has 9 heteroatoms. The largest absolute Gasteiger partial charge is 0.481 e. The van der Waals surface area contributed by atoms with Crippen LogP contribution in [0.25, 0.3) is 0 Å². The molecule has 0 amide bonds. The molecule has 1 saturated heterocycles. The molecule has 0 saturated carbocycles. The number of sulfone groups is 1.